The van der Waals surface area contributed by atoms with Gasteiger partial charge in [-0.05, 0) is 51.5 Å². The number of ketones is 1. The molecule has 0 bridgehead atoms. The number of benzene rings is 1. The number of esters is 2. The minimum atomic E-state index is -1.39. The molecule has 0 N–H and O–H groups in total. The van der Waals surface area contributed by atoms with E-state index in [0.717, 1.165) is 19.3 Å². The maximum absolute atomic E-state index is 12.5. The highest BCUT2D eigenvalue weighted by atomic mass is 16.6. The third-order valence-corrected chi connectivity index (χ3v) is 6.47. The highest BCUT2D eigenvalue weighted by molar-refractivity contribution is 6.00. The van der Waals surface area contributed by atoms with Gasteiger partial charge < -0.3 is 9.47 Å². The van der Waals surface area contributed by atoms with Crippen LogP contribution >= 0.6 is 0 Å². The molecular formula is C30H48O5. The van der Waals surface area contributed by atoms with E-state index in [1.165, 1.54) is 97.8 Å². The van der Waals surface area contributed by atoms with Crippen molar-refractivity contribution in [3.05, 3.63) is 29.8 Å². The van der Waals surface area contributed by atoms with E-state index in [1.807, 2.05) is 0 Å². The van der Waals surface area contributed by atoms with Crippen LogP contribution in [-0.4, -0.2) is 24.3 Å². The summed E-state index contributed by atoms with van der Waals surface area (Å²) in [6.07, 6.45) is 19.2. The summed E-state index contributed by atoms with van der Waals surface area (Å²) < 4.78 is 10.7. The molecule has 0 heterocycles. The fraction of sp³-hybridized carbons (Fsp3) is 0.700. The molecule has 0 saturated carbocycles. The van der Waals surface area contributed by atoms with E-state index >= 15 is 0 Å². The van der Waals surface area contributed by atoms with E-state index in [-0.39, 0.29) is 5.78 Å². The van der Waals surface area contributed by atoms with Crippen molar-refractivity contribution in [3.8, 4) is 5.75 Å². The lowest BCUT2D eigenvalue weighted by Crippen LogP contribution is -2.38. The molecule has 5 nitrogen and oxygen atoms in total. The number of unbranched alkanes of at least 4 members (excludes halogenated alkanes) is 14. The molecule has 0 saturated heterocycles. The molecule has 0 spiro atoms. The van der Waals surface area contributed by atoms with Crippen LogP contribution in [-0.2, 0) is 14.3 Å². The number of rotatable bonds is 20. The van der Waals surface area contributed by atoms with Crippen LogP contribution < -0.4 is 4.74 Å². The molecule has 1 rings (SSSR count). The molecule has 5 heteroatoms. The van der Waals surface area contributed by atoms with Crippen molar-refractivity contribution in [2.75, 3.05) is 6.61 Å². The number of hydrogen-bond donors (Lipinski definition) is 0. The van der Waals surface area contributed by atoms with Gasteiger partial charge in [-0.25, -0.2) is 0 Å². The average molecular weight is 489 g/mol. The second-order valence-corrected chi connectivity index (χ2v) is 10.2. The summed E-state index contributed by atoms with van der Waals surface area (Å²) in [4.78, 5) is 36.2. The van der Waals surface area contributed by atoms with E-state index in [2.05, 4.69) is 6.92 Å². The molecule has 0 aromatic heterocycles. The van der Waals surface area contributed by atoms with Crippen molar-refractivity contribution in [2.24, 2.45) is 5.41 Å². The molecule has 0 aliphatic rings. The van der Waals surface area contributed by atoms with E-state index in [4.69, 9.17) is 9.47 Å². The smallest absolute Gasteiger partial charge is 0.328 e. The molecule has 35 heavy (non-hydrogen) atoms. The lowest BCUT2D eigenvalue weighted by molar-refractivity contribution is -0.164. The topological polar surface area (TPSA) is 69.7 Å². The van der Waals surface area contributed by atoms with Crippen LogP contribution in [0.1, 0.15) is 134 Å². The minimum Gasteiger partial charge on any atom is -0.465 e. The summed E-state index contributed by atoms with van der Waals surface area (Å²) in [5.41, 5.74) is -0.860. The molecule has 0 amide bonds. The van der Waals surface area contributed by atoms with Gasteiger partial charge in [-0.2, -0.15) is 0 Å². The van der Waals surface area contributed by atoms with Gasteiger partial charge in [0.15, 0.2) is 11.2 Å². The van der Waals surface area contributed by atoms with E-state index in [0.29, 0.717) is 17.9 Å². The summed E-state index contributed by atoms with van der Waals surface area (Å²) in [6, 6.07) is 6.27. The molecule has 0 fully saturated rings. The Labute approximate surface area is 213 Å². The zero-order valence-electron chi connectivity index (χ0n) is 22.7. The van der Waals surface area contributed by atoms with Gasteiger partial charge in [0.05, 0.1) is 6.61 Å². The first-order chi connectivity index (χ1) is 16.8. The number of hydrogen-bond acceptors (Lipinski definition) is 5. The molecule has 198 valence electrons. The predicted octanol–water partition coefficient (Wildman–Crippen LogP) is 8.24. The van der Waals surface area contributed by atoms with Crippen LogP contribution in [0.4, 0.5) is 0 Å². The largest absolute Gasteiger partial charge is 0.465 e. The SMILES string of the molecule is CCCCCCCCCCCCCCCCCOC(=O)C(C)(C)C(=O)Oc1ccc(C(C)=O)cc1. The summed E-state index contributed by atoms with van der Waals surface area (Å²) in [6.45, 7) is 7.07. The van der Waals surface area contributed by atoms with Gasteiger partial charge >= 0.3 is 11.9 Å². The van der Waals surface area contributed by atoms with Crippen LogP contribution in [0.5, 0.6) is 5.75 Å². The molecule has 0 radical (unpaired) electrons. The second kappa shape index (κ2) is 18.1. The Bertz CT molecular complexity index is 736. The van der Waals surface area contributed by atoms with Crippen molar-refractivity contribution in [1.82, 2.24) is 0 Å². The highest BCUT2D eigenvalue weighted by Crippen LogP contribution is 2.23. The average Bonchev–Trinajstić information content (AvgIpc) is 2.83. The molecule has 0 atom stereocenters. The maximum Gasteiger partial charge on any atom is 0.328 e. The Balaban J connectivity index is 2.06. The van der Waals surface area contributed by atoms with Crippen molar-refractivity contribution in [1.29, 1.82) is 0 Å². The third-order valence-electron chi connectivity index (χ3n) is 6.47. The van der Waals surface area contributed by atoms with Gasteiger partial charge in [0.2, 0.25) is 0 Å². The van der Waals surface area contributed by atoms with Gasteiger partial charge in [-0.15, -0.1) is 0 Å². The van der Waals surface area contributed by atoms with Gasteiger partial charge in [-0.3, -0.25) is 14.4 Å². The summed E-state index contributed by atoms with van der Waals surface area (Å²) in [5.74, 6) is -1.02. The van der Waals surface area contributed by atoms with Crippen LogP contribution in [0.15, 0.2) is 24.3 Å². The monoisotopic (exact) mass is 488 g/mol. The standard InChI is InChI=1S/C30H48O5/c1-5-6-7-8-9-10-11-12-13-14-15-16-17-18-19-24-34-28(32)30(3,4)29(33)35-27-22-20-26(21-23-27)25(2)31/h20-23H,5-19,24H2,1-4H3. The second-order valence-electron chi connectivity index (χ2n) is 10.2. The molecule has 0 unspecified atom stereocenters. The highest BCUT2D eigenvalue weighted by Gasteiger charge is 2.39. The first-order valence-electron chi connectivity index (χ1n) is 13.8. The number of ether oxygens (including phenoxy) is 2. The molecule has 1 aromatic rings. The quantitative estimate of drug-likeness (QED) is 0.0607. The Kier molecular flexibility index (Phi) is 16.0. The van der Waals surface area contributed by atoms with Crippen molar-refractivity contribution in [3.63, 3.8) is 0 Å². The summed E-state index contributed by atoms with van der Waals surface area (Å²) in [5, 5.41) is 0. The van der Waals surface area contributed by atoms with Gasteiger partial charge in [0.25, 0.3) is 0 Å². The Morgan fingerprint density at radius 3 is 1.51 bits per heavy atom. The zero-order valence-corrected chi connectivity index (χ0v) is 22.7. The Hall–Kier alpha value is -2.17. The molecule has 1 aromatic carbocycles. The van der Waals surface area contributed by atoms with Crippen LogP contribution in [0.25, 0.3) is 0 Å². The Morgan fingerprint density at radius 1 is 0.657 bits per heavy atom. The van der Waals surface area contributed by atoms with Crippen LogP contribution in [0.2, 0.25) is 0 Å². The summed E-state index contributed by atoms with van der Waals surface area (Å²) in [7, 11) is 0. The summed E-state index contributed by atoms with van der Waals surface area (Å²) >= 11 is 0. The predicted molar refractivity (Wildman–Crippen MR) is 142 cm³/mol. The van der Waals surface area contributed by atoms with Crippen molar-refractivity contribution in [2.45, 2.75) is 124 Å². The van der Waals surface area contributed by atoms with Crippen molar-refractivity contribution >= 4 is 17.7 Å². The number of Topliss-reactive ketones (excluding diaryl/α,β-unsaturated/α-hetero) is 1. The molecule has 0 aliphatic heterocycles. The lowest BCUT2D eigenvalue weighted by Gasteiger charge is -2.20. The maximum atomic E-state index is 12.5. The van der Waals surface area contributed by atoms with E-state index in [1.54, 1.807) is 24.3 Å². The van der Waals surface area contributed by atoms with E-state index < -0.39 is 17.4 Å². The van der Waals surface area contributed by atoms with E-state index in [9.17, 15) is 14.4 Å². The first-order valence-corrected chi connectivity index (χ1v) is 13.8. The fourth-order valence-corrected chi connectivity index (χ4v) is 3.89. The Morgan fingerprint density at radius 2 is 1.09 bits per heavy atom. The molecular weight excluding hydrogens is 440 g/mol. The molecule has 0 aliphatic carbocycles. The zero-order chi connectivity index (χ0) is 25.9. The van der Waals surface area contributed by atoms with Crippen LogP contribution in [0.3, 0.4) is 0 Å². The number of carbonyl (C=O) groups is 3. The minimum absolute atomic E-state index is 0.0643. The fourth-order valence-electron chi connectivity index (χ4n) is 3.89. The van der Waals surface area contributed by atoms with Gasteiger partial charge in [-0.1, -0.05) is 96.8 Å². The third kappa shape index (κ3) is 13.5. The van der Waals surface area contributed by atoms with Crippen LogP contribution in [0, 0.1) is 5.41 Å². The van der Waals surface area contributed by atoms with Gasteiger partial charge in [0, 0.05) is 5.56 Å². The normalized spacial score (nSPS) is 11.3. The van der Waals surface area contributed by atoms with Crippen molar-refractivity contribution < 1.29 is 23.9 Å². The van der Waals surface area contributed by atoms with Gasteiger partial charge in [0.1, 0.15) is 5.75 Å². The number of carbonyl (C=O) groups excluding carboxylic acids is 3. The lowest BCUT2D eigenvalue weighted by atomic mass is 9.94. The first kappa shape index (κ1) is 30.9.